The van der Waals surface area contributed by atoms with Gasteiger partial charge in [-0.3, -0.25) is 9.69 Å². The van der Waals surface area contributed by atoms with Crippen molar-refractivity contribution < 1.29 is 4.79 Å². The lowest BCUT2D eigenvalue weighted by molar-refractivity contribution is 0.101. The van der Waals surface area contributed by atoms with Gasteiger partial charge < -0.3 is 0 Å². The smallest absolute Gasteiger partial charge is 0.264 e. The highest BCUT2D eigenvalue weighted by Gasteiger charge is 2.32. The van der Waals surface area contributed by atoms with Crippen molar-refractivity contribution in [1.29, 1.82) is 0 Å². The fourth-order valence-electron chi connectivity index (χ4n) is 2.03. The van der Waals surface area contributed by atoms with Crippen molar-refractivity contribution in [3.8, 4) is 0 Å². The SMILES string of the molecule is C=C1c2ccccc2C(=O)N1c1ccc(I)cn1. The minimum atomic E-state index is -0.0655. The number of pyridine rings is 1. The standard InChI is InChI=1S/C14H9IN2O/c1-9-11-4-2-3-5-12(11)14(18)17(9)13-7-6-10(15)8-16-13/h2-8H,1H2. The number of nitrogens with zero attached hydrogens (tertiary/aromatic N) is 2. The maximum absolute atomic E-state index is 12.3. The van der Waals surface area contributed by atoms with Crippen molar-refractivity contribution in [3.63, 3.8) is 0 Å². The number of hydrogen-bond donors (Lipinski definition) is 0. The third-order valence-electron chi connectivity index (χ3n) is 2.88. The molecular weight excluding hydrogens is 339 g/mol. The number of anilines is 1. The Hall–Kier alpha value is -1.69. The van der Waals surface area contributed by atoms with Gasteiger partial charge in [-0.1, -0.05) is 24.8 Å². The van der Waals surface area contributed by atoms with Gasteiger partial charge in [0.05, 0.1) is 5.70 Å². The molecule has 0 saturated heterocycles. The average Bonchev–Trinajstić information content (AvgIpc) is 2.64. The molecule has 0 aliphatic carbocycles. The number of fused-ring (bicyclic) bond motifs is 1. The van der Waals surface area contributed by atoms with E-state index in [1.54, 1.807) is 11.1 Å². The lowest BCUT2D eigenvalue weighted by Gasteiger charge is -2.15. The largest absolute Gasteiger partial charge is 0.268 e. The van der Waals surface area contributed by atoms with Crippen LogP contribution in [0.15, 0.2) is 49.2 Å². The maximum atomic E-state index is 12.3. The summed E-state index contributed by atoms with van der Waals surface area (Å²) in [6.45, 7) is 3.99. The van der Waals surface area contributed by atoms with Gasteiger partial charge in [-0.15, -0.1) is 0 Å². The first kappa shape index (κ1) is 11.4. The van der Waals surface area contributed by atoms with Crippen LogP contribution in [0.2, 0.25) is 0 Å². The molecule has 2 heterocycles. The zero-order chi connectivity index (χ0) is 12.7. The minimum Gasteiger partial charge on any atom is -0.268 e. The number of amides is 1. The fourth-order valence-corrected chi connectivity index (χ4v) is 2.35. The molecular formula is C14H9IN2O. The van der Waals surface area contributed by atoms with Crippen LogP contribution in [-0.4, -0.2) is 10.9 Å². The van der Waals surface area contributed by atoms with Crippen LogP contribution in [0.4, 0.5) is 5.82 Å². The Balaban J connectivity index is 2.09. The molecule has 3 rings (SSSR count). The molecule has 1 aromatic carbocycles. The second-order valence-electron chi connectivity index (χ2n) is 3.97. The second-order valence-corrected chi connectivity index (χ2v) is 5.21. The Kier molecular flexibility index (Phi) is 2.66. The summed E-state index contributed by atoms with van der Waals surface area (Å²) in [4.78, 5) is 18.2. The van der Waals surface area contributed by atoms with Gasteiger partial charge in [0, 0.05) is 20.9 Å². The summed E-state index contributed by atoms with van der Waals surface area (Å²) < 4.78 is 1.03. The molecule has 1 aromatic heterocycles. The highest BCUT2D eigenvalue weighted by atomic mass is 127. The number of benzene rings is 1. The zero-order valence-electron chi connectivity index (χ0n) is 9.43. The number of carbonyl (C=O) groups excluding carboxylic acids is 1. The van der Waals surface area contributed by atoms with E-state index in [0.29, 0.717) is 17.1 Å². The van der Waals surface area contributed by atoms with E-state index >= 15 is 0 Å². The van der Waals surface area contributed by atoms with E-state index in [9.17, 15) is 4.79 Å². The van der Waals surface area contributed by atoms with Gasteiger partial charge in [-0.2, -0.15) is 0 Å². The molecule has 1 amide bonds. The van der Waals surface area contributed by atoms with Gasteiger partial charge in [0.2, 0.25) is 0 Å². The van der Waals surface area contributed by atoms with Gasteiger partial charge >= 0.3 is 0 Å². The first-order valence-electron chi connectivity index (χ1n) is 5.43. The third-order valence-corrected chi connectivity index (χ3v) is 3.52. The van der Waals surface area contributed by atoms with Gasteiger partial charge in [-0.05, 0) is 40.8 Å². The van der Waals surface area contributed by atoms with Crippen LogP contribution >= 0.6 is 22.6 Å². The van der Waals surface area contributed by atoms with Crippen molar-refractivity contribution >= 4 is 40.0 Å². The highest BCUT2D eigenvalue weighted by Crippen LogP contribution is 2.34. The van der Waals surface area contributed by atoms with Crippen LogP contribution in [0.5, 0.6) is 0 Å². The normalized spacial score (nSPS) is 13.9. The van der Waals surface area contributed by atoms with Crippen LogP contribution in [0, 0.1) is 3.57 Å². The Bertz CT molecular complexity index is 614. The Morgan fingerprint density at radius 1 is 1.11 bits per heavy atom. The van der Waals surface area contributed by atoms with E-state index in [1.165, 1.54) is 0 Å². The summed E-state index contributed by atoms with van der Waals surface area (Å²) in [6.07, 6.45) is 1.74. The number of halogens is 1. The number of hydrogen-bond acceptors (Lipinski definition) is 2. The maximum Gasteiger partial charge on any atom is 0.264 e. The molecule has 18 heavy (non-hydrogen) atoms. The number of rotatable bonds is 1. The summed E-state index contributed by atoms with van der Waals surface area (Å²) in [5.74, 6) is 0.547. The van der Waals surface area contributed by atoms with Crippen LogP contribution in [0.3, 0.4) is 0 Å². The molecule has 3 nitrogen and oxygen atoms in total. The Morgan fingerprint density at radius 3 is 2.44 bits per heavy atom. The summed E-state index contributed by atoms with van der Waals surface area (Å²) in [6, 6.07) is 11.2. The van der Waals surface area contributed by atoms with Crippen molar-refractivity contribution in [3.05, 3.63) is 63.9 Å². The van der Waals surface area contributed by atoms with E-state index in [0.717, 1.165) is 9.13 Å². The summed E-state index contributed by atoms with van der Waals surface area (Å²) in [7, 11) is 0. The quantitative estimate of drug-likeness (QED) is 0.741. The van der Waals surface area contributed by atoms with Gasteiger partial charge in [-0.25, -0.2) is 4.98 Å². The fraction of sp³-hybridized carbons (Fsp3) is 0. The van der Waals surface area contributed by atoms with Crippen molar-refractivity contribution in [2.75, 3.05) is 4.90 Å². The Labute approximate surface area is 118 Å². The molecule has 0 radical (unpaired) electrons. The summed E-state index contributed by atoms with van der Waals surface area (Å²) >= 11 is 2.18. The molecule has 2 aromatic rings. The molecule has 4 heteroatoms. The van der Waals surface area contributed by atoms with Crippen molar-refractivity contribution in [1.82, 2.24) is 4.98 Å². The summed E-state index contributed by atoms with van der Waals surface area (Å²) in [5, 5.41) is 0. The van der Waals surface area contributed by atoms with Crippen LogP contribution in [0.1, 0.15) is 15.9 Å². The first-order chi connectivity index (χ1) is 8.68. The van der Waals surface area contributed by atoms with Crippen LogP contribution in [0.25, 0.3) is 5.70 Å². The third kappa shape index (κ3) is 1.64. The lowest BCUT2D eigenvalue weighted by Crippen LogP contribution is -2.22. The molecule has 0 spiro atoms. The molecule has 0 N–H and O–H groups in total. The molecule has 0 atom stereocenters. The predicted octanol–water partition coefficient (Wildman–Crippen LogP) is 3.32. The van der Waals surface area contributed by atoms with E-state index < -0.39 is 0 Å². The van der Waals surface area contributed by atoms with E-state index in [1.807, 2.05) is 36.4 Å². The van der Waals surface area contributed by atoms with Gasteiger partial charge in [0.15, 0.2) is 0 Å². The molecule has 1 aliphatic rings. The second kappa shape index (κ2) is 4.20. The van der Waals surface area contributed by atoms with Crippen LogP contribution < -0.4 is 4.90 Å². The Morgan fingerprint density at radius 2 is 1.83 bits per heavy atom. The average molecular weight is 348 g/mol. The van der Waals surface area contributed by atoms with Gasteiger partial charge in [0.1, 0.15) is 5.82 Å². The molecule has 0 bridgehead atoms. The molecule has 0 unspecified atom stereocenters. The highest BCUT2D eigenvalue weighted by molar-refractivity contribution is 14.1. The molecule has 1 aliphatic heterocycles. The topological polar surface area (TPSA) is 33.2 Å². The monoisotopic (exact) mass is 348 g/mol. The number of aromatic nitrogens is 1. The van der Waals surface area contributed by atoms with Crippen molar-refractivity contribution in [2.45, 2.75) is 0 Å². The molecule has 0 saturated carbocycles. The molecule has 88 valence electrons. The van der Waals surface area contributed by atoms with Gasteiger partial charge in [0.25, 0.3) is 5.91 Å². The predicted molar refractivity (Wildman–Crippen MR) is 79.2 cm³/mol. The molecule has 0 fully saturated rings. The lowest BCUT2D eigenvalue weighted by atomic mass is 10.1. The van der Waals surface area contributed by atoms with E-state index in [2.05, 4.69) is 34.2 Å². The van der Waals surface area contributed by atoms with E-state index in [-0.39, 0.29) is 5.91 Å². The van der Waals surface area contributed by atoms with Crippen LogP contribution in [-0.2, 0) is 0 Å². The minimum absolute atomic E-state index is 0.0655. The van der Waals surface area contributed by atoms with E-state index in [4.69, 9.17) is 0 Å². The zero-order valence-corrected chi connectivity index (χ0v) is 11.6. The first-order valence-corrected chi connectivity index (χ1v) is 6.50. The summed E-state index contributed by atoms with van der Waals surface area (Å²) in [5.41, 5.74) is 2.25. The number of carbonyl (C=O) groups is 1. The van der Waals surface area contributed by atoms with Crippen molar-refractivity contribution in [2.24, 2.45) is 0 Å².